The lowest BCUT2D eigenvalue weighted by molar-refractivity contribution is -0.137. The molecule has 7 nitrogen and oxygen atoms in total. The van der Waals surface area contributed by atoms with Crippen molar-refractivity contribution in [3.63, 3.8) is 0 Å². The fourth-order valence-electron chi connectivity index (χ4n) is 2.88. The number of carboxylic acid groups (broad SMARTS) is 2. The highest BCUT2D eigenvalue weighted by molar-refractivity contribution is 5.66. The van der Waals surface area contributed by atoms with E-state index in [0.717, 1.165) is 19.8 Å². The van der Waals surface area contributed by atoms with Crippen molar-refractivity contribution in [2.45, 2.75) is 117 Å². The Kier molecular flexibility index (Phi) is 37.2. The third kappa shape index (κ3) is 52.8. The van der Waals surface area contributed by atoms with Crippen LogP contribution in [-0.2, 0) is 14.3 Å². The Morgan fingerprint density at radius 3 is 1.16 bits per heavy atom. The molecule has 0 heterocycles. The molecule has 0 aromatic rings. The second kappa shape index (κ2) is 33.5. The average molecular weight is 451 g/mol. The summed E-state index contributed by atoms with van der Waals surface area (Å²) in [5.41, 5.74) is 0. The van der Waals surface area contributed by atoms with Crippen LogP contribution in [0.4, 0.5) is 0 Å². The summed E-state index contributed by atoms with van der Waals surface area (Å²) in [6, 6.07) is 0. The van der Waals surface area contributed by atoms with Gasteiger partial charge in [-0.1, -0.05) is 96.8 Å². The first-order valence-corrected chi connectivity index (χ1v) is 12.1. The van der Waals surface area contributed by atoms with Crippen molar-refractivity contribution < 1.29 is 34.8 Å². The Bertz CT molecular complexity index is 341. The fraction of sp³-hybridized carbons (Fsp3) is 0.917. The molecule has 0 aliphatic carbocycles. The number of hydrogen-bond donors (Lipinski definition) is 4. The van der Waals surface area contributed by atoms with Gasteiger partial charge in [0.2, 0.25) is 0 Å². The summed E-state index contributed by atoms with van der Waals surface area (Å²) < 4.78 is 4.63. The fourth-order valence-corrected chi connectivity index (χ4v) is 2.88. The smallest absolute Gasteiger partial charge is 0.303 e. The van der Waals surface area contributed by atoms with E-state index in [-0.39, 0.29) is 13.2 Å². The van der Waals surface area contributed by atoms with E-state index in [0.29, 0.717) is 19.6 Å². The molecule has 0 rings (SSSR count). The minimum atomic E-state index is -0.833. The quantitative estimate of drug-likeness (QED) is 0.183. The standard InChI is InChI=1S/C18H36O2.C4H10O3.C2H4O2/c1-2-3-4-5-6-7-8-9-10-11-12-13-14-15-16-17-18(19)20;5-1-3-7-4-2-6;1-2(3)4/h2-17H2,1H3,(H,19,20);5-6H,1-4H2;1H3,(H,3,4). The number of carbonyl (C=O) groups is 2. The summed E-state index contributed by atoms with van der Waals surface area (Å²) in [4.78, 5) is 19.3. The molecule has 0 aromatic heterocycles. The van der Waals surface area contributed by atoms with Gasteiger partial charge in [-0.2, -0.15) is 0 Å². The third-order valence-corrected chi connectivity index (χ3v) is 4.47. The number of hydrogen-bond acceptors (Lipinski definition) is 5. The molecule has 188 valence electrons. The van der Waals surface area contributed by atoms with E-state index in [4.69, 9.17) is 25.2 Å². The molecule has 4 N–H and O–H groups in total. The maximum Gasteiger partial charge on any atom is 0.303 e. The number of unbranched alkanes of at least 4 members (excludes halogenated alkanes) is 14. The van der Waals surface area contributed by atoms with E-state index in [1.165, 1.54) is 83.5 Å². The summed E-state index contributed by atoms with van der Waals surface area (Å²) in [7, 11) is 0. The molecule has 0 unspecified atom stereocenters. The predicted molar refractivity (Wildman–Crippen MR) is 125 cm³/mol. The Morgan fingerprint density at radius 2 is 0.903 bits per heavy atom. The van der Waals surface area contributed by atoms with E-state index in [1.807, 2.05) is 0 Å². The molecule has 0 amide bonds. The van der Waals surface area contributed by atoms with Crippen molar-refractivity contribution in [1.29, 1.82) is 0 Å². The number of rotatable bonds is 20. The van der Waals surface area contributed by atoms with Gasteiger partial charge in [-0.05, 0) is 6.42 Å². The van der Waals surface area contributed by atoms with Gasteiger partial charge in [0.25, 0.3) is 5.97 Å². The van der Waals surface area contributed by atoms with Gasteiger partial charge >= 0.3 is 5.97 Å². The highest BCUT2D eigenvalue weighted by Gasteiger charge is 1.97. The highest BCUT2D eigenvalue weighted by atomic mass is 16.5. The van der Waals surface area contributed by atoms with Gasteiger partial charge in [0, 0.05) is 13.3 Å². The van der Waals surface area contributed by atoms with Gasteiger partial charge in [-0.3, -0.25) is 9.59 Å². The van der Waals surface area contributed by atoms with Crippen LogP contribution in [-0.4, -0.2) is 58.8 Å². The molecule has 0 aromatic carbocycles. The van der Waals surface area contributed by atoms with Gasteiger partial charge in [0.15, 0.2) is 0 Å². The Labute approximate surface area is 190 Å². The monoisotopic (exact) mass is 450 g/mol. The Hall–Kier alpha value is -1.18. The van der Waals surface area contributed by atoms with E-state index in [9.17, 15) is 4.79 Å². The largest absolute Gasteiger partial charge is 0.481 e. The lowest BCUT2D eigenvalue weighted by Gasteiger charge is -2.03. The van der Waals surface area contributed by atoms with Gasteiger partial charge in [-0.15, -0.1) is 0 Å². The summed E-state index contributed by atoms with van der Waals surface area (Å²) >= 11 is 0. The molecule has 0 aliphatic heterocycles. The number of aliphatic hydroxyl groups excluding tert-OH is 2. The highest BCUT2D eigenvalue weighted by Crippen LogP contribution is 2.13. The zero-order valence-corrected chi connectivity index (χ0v) is 20.2. The molecule has 0 fully saturated rings. The van der Waals surface area contributed by atoms with Crippen LogP contribution in [0.25, 0.3) is 0 Å². The maximum atomic E-state index is 10.3. The molecule has 0 saturated heterocycles. The second-order valence-electron chi connectivity index (χ2n) is 7.67. The van der Waals surface area contributed by atoms with Crippen LogP contribution in [0.15, 0.2) is 0 Å². The molecule has 0 radical (unpaired) electrons. The molecule has 0 spiro atoms. The normalized spacial score (nSPS) is 9.94. The number of aliphatic hydroxyl groups is 2. The molecule has 0 bridgehead atoms. The lowest BCUT2D eigenvalue weighted by Crippen LogP contribution is -2.03. The summed E-state index contributed by atoms with van der Waals surface area (Å²) in [5, 5.41) is 32.1. The minimum absolute atomic E-state index is 0.0278. The van der Waals surface area contributed by atoms with Crippen LogP contribution in [0.1, 0.15) is 117 Å². The average Bonchev–Trinajstić information content (AvgIpc) is 2.71. The van der Waals surface area contributed by atoms with E-state index >= 15 is 0 Å². The van der Waals surface area contributed by atoms with Crippen molar-refractivity contribution in [3.05, 3.63) is 0 Å². The second-order valence-corrected chi connectivity index (χ2v) is 7.67. The molecular weight excluding hydrogens is 400 g/mol. The molecule has 31 heavy (non-hydrogen) atoms. The first kappa shape index (κ1) is 34.4. The Morgan fingerprint density at radius 1 is 0.613 bits per heavy atom. The molecular formula is C24H50O7. The summed E-state index contributed by atoms with van der Waals surface area (Å²) in [5.74, 6) is -1.49. The first-order chi connectivity index (χ1) is 14.9. The van der Waals surface area contributed by atoms with Crippen molar-refractivity contribution in [1.82, 2.24) is 0 Å². The van der Waals surface area contributed by atoms with Gasteiger partial charge in [0.05, 0.1) is 26.4 Å². The van der Waals surface area contributed by atoms with Crippen LogP contribution in [0, 0.1) is 0 Å². The summed E-state index contributed by atoms with van der Waals surface area (Å²) in [6.07, 6.45) is 20.2. The van der Waals surface area contributed by atoms with Crippen molar-refractivity contribution in [3.8, 4) is 0 Å². The number of ether oxygens (including phenoxy) is 1. The van der Waals surface area contributed by atoms with Crippen molar-refractivity contribution in [2.24, 2.45) is 0 Å². The van der Waals surface area contributed by atoms with Gasteiger partial charge in [0.1, 0.15) is 0 Å². The summed E-state index contributed by atoms with van der Waals surface area (Å²) in [6.45, 7) is 4.05. The van der Waals surface area contributed by atoms with E-state index in [2.05, 4.69) is 11.7 Å². The maximum absolute atomic E-state index is 10.3. The first-order valence-electron chi connectivity index (χ1n) is 12.1. The van der Waals surface area contributed by atoms with Crippen LogP contribution < -0.4 is 0 Å². The minimum Gasteiger partial charge on any atom is -0.481 e. The number of aliphatic carboxylic acids is 2. The van der Waals surface area contributed by atoms with Crippen LogP contribution in [0.3, 0.4) is 0 Å². The van der Waals surface area contributed by atoms with Crippen LogP contribution in [0.2, 0.25) is 0 Å². The third-order valence-electron chi connectivity index (χ3n) is 4.47. The van der Waals surface area contributed by atoms with Crippen LogP contribution >= 0.6 is 0 Å². The Balaban J connectivity index is -0.000000585. The zero-order valence-electron chi connectivity index (χ0n) is 20.2. The van der Waals surface area contributed by atoms with Crippen molar-refractivity contribution in [2.75, 3.05) is 26.4 Å². The lowest BCUT2D eigenvalue weighted by atomic mass is 10.0. The topological polar surface area (TPSA) is 124 Å². The zero-order chi connectivity index (χ0) is 24.0. The van der Waals surface area contributed by atoms with E-state index in [1.54, 1.807) is 0 Å². The molecule has 7 heteroatoms. The van der Waals surface area contributed by atoms with Gasteiger partial charge in [-0.25, -0.2) is 0 Å². The number of carboxylic acids is 2. The van der Waals surface area contributed by atoms with Crippen LogP contribution in [0.5, 0.6) is 0 Å². The molecule has 0 atom stereocenters. The SMILES string of the molecule is CC(=O)O.CCCCCCCCCCCCCCCCCC(=O)O.OCCOCCO. The van der Waals surface area contributed by atoms with Crippen molar-refractivity contribution >= 4 is 11.9 Å². The van der Waals surface area contributed by atoms with E-state index < -0.39 is 11.9 Å². The molecule has 0 aliphatic rings. The molecule has 0 saturated carbocycles. The predicted octanol–water partition coefficient (Wildman–Crippen LogP) is 5.41. The van der Waals surface area contributed by atoms with Gasteiger partial charge < -0.3 is 25.2 Å².